The van der Waals surface area contributed by atoms with E-state index in [1.807, 2.05) is 42.5 Å². The average molecular weight is 266 g/mol. The van der Waals surface area contributed by atoms with Gasteiger partial charge in [0, 0.05) is 18.0 Å². The molecule has 100 valence electrons. The Balaban J connectivity index is 1.77. The summed E-state index contributed by atoms with van der Waals surface area (Å²) in [6.45, 7) is 0. The van der Waals surface area contributed by atoms with E-state index >= 15 is 0 Å². The largest absolute Gasteiger partial charge is 0.337 e. The highest BCUT2D eigenvalue weighted by molar-refractivity contribution is 5.51. The van der Waals surface area contributed by atoms with Gasteiger partial charge in [-0.25, -0.2) is 0 Å². The first kappa shape index (κ1) is 12.5. The zero-order valence-corrected chi connectivity index (χ0v) is 10.8. The average Bonchev–Trinajstić information content (AvgIpc) is 2.99. The normalized spacial score (nSPS) is 12.2. The molecule has 0 amide bonds. The van der Waals surface area contributed by atoms with Gasteiger partial charge in [-0.1, -0.05) is 35.5 Å². The number of pyridine rings is 1. The van der Waals surface area contributed by atoms with Crippen LogP contribution in [0.2, 0.25) is 0 Å². The molecule has 0 bridgehead atoms. The molecule has 0 aliphatic rings. The molecule has 1 atom stereocenters. The molecule has 3 rings (SSSR count). The minimum absolute atomic E-state index is 0.310. The summed E-state index contributed by atoms with van der Waals surface area (Å²) < 4.78 is 5.24. The van der Waals surface area contributed by atoms with Gasteiger partial charge in [0.25, 0.3) is 0 Å². The zero-order chi connectivity index (χ0) is 13.8. The maximum atomic E-state index is 6.11. The van der Waals surface area contributed by atoms with E-state index in [1.54, 1.807) is 12.4 Å². The Bertz CT molecular complexity index is 667. The Morgan fingerprint density at radius 2 is 1.95 bits per heavy atom. The van der Waals surface area contributed by atoms with Gasteiger partial charge in [-0.3, -0.25) is 4.98 Å². The van der Waals surface area contributed by atoms with E-state index in [1.165, 1.54) is 0 Å². The first-order valence-corrected chi connectivity index (χ1v) is 6.36. The van der Waals surface area contributed by atoms with Gasteiger partial charge in [0.2, 0.25) is 11.7 Å². The summed E-state index contributed by atoms with van der Waals surface area (Å²) >= 11 is 0. The van der Waals surface area contributed by atoms with Crippen LogP contribution in [-0.2, 0) is 6.42 Å². The highest BCUT2D eigenvalue weighted by atomic mass is 16.5. The molecule has 0 aliphatic heterocycles. The molecule has 2 N–H and O–H groups in total. The third-order valence-corrected chi connectivity index (χ3v) is 2.98. The molecule has 5 nitrogen and oxygen atoms in total. The minimum atomic E-state index is -0.310. The number of aromatic nitrogens is 3. The summed E-state index contributed by atoms with van der Waals surface area (Å²) in [7, 11) is 0. The molecule has 2 aromatic heterocycles. The lowest BCUT2D eigenvalue weighted by Crippen LogP contribution is -2.13. The van der Waals surface area contributed by atoms with Crippen LogP contribution in [0.3, 0.4) is 0 Å². The molecule has 20 heavy (non-hydrogen) atoms. The number of nitrogens with zero attached hydrogens (tertiary/aromatic N) is 3. The fourth-order valence-corrected chi connectivity index (χ4v) is 1.95. The van der Waals surface area contributed by atoms with E-state index < -0.39 is 0 Å². The molecule has 0 fully saturated rings. The second-order valence-corrected chi connectivity index (χ2v) is 4.49. The molecule has 2 heterocycles. The van der Waals surface area contributed by atoms with Crippen LogP contribution in [-0.4, -0.2) is 15.1 Å². The zero-order valence-electron chi connectivity index (χ0n) is 10.8. The van der Waals surface area contributed by atoms with E-state index in [-0.39, 0.29) is 6.04 Å². The fraction of sp³-hybridized carbons (Fsp3) is 0.133. The maximum Gasteiger partial charge on any atom is 0.244 e. The van der Waals surface area contributed by atoms with Gasteiger partial charge >= 0.3 is 0 Å². The summed E-state index contributed by atoms with van der Waals surface area (Å²) in [5.74, 6) is 0.948. The maximum absolute atomic E-state index is 6.11. The van der Waals surface area contributed by atoms with Crippen molar-refractivity contribution in [2.75, 3.05) is 0 Å². The Morgan fingerprint density at radius 1 is 1.10 bits per heavy atom. The monoisotopic (exact) mass is 266 g/mol. The molecule has 0 radical (unpaired) electrons. The van der Waals surface area contributed by atoms with Crippen LogP contribution in [0.1, 0.15) is 17.5 Å². The van der Waals surface area contributed by atoms with E-state index in [2.05, 4.69) is 15.1 Å². The van der Waals surface area contributed by atoms with Crippen LogP contribution in [0.4, 0.5) is 0 Å². The van der Waals surface area contributed by atoms with Crippen molar-refractivity contribution < 1.29 is 4.52 Å². The van der Waals surface area contributed by atoms with Crippen molar-refractivity contribution in [3.8, 4) is 11.4 Å². The third-order valence-electron chi connectivity index (χ3n) is 2.98. The summed E-state index contributed by atoms with van der Waals surface area (Å²) in [6.07, 6.45) is 4.05. The van der Waals surface area contributed by atoms with Crippen LogP contribution in [0.25, 0.3) is 11.4 Å². The lowest BCUT2D eigenvalue weighted by molar-refractivity contribution is 0.354. The standard InChI is InChI=1S/C15H14N4O/c16-13(9-11-5-2-1-3-6-11)15-18-14(19-20-15)12-7-4-8-17-10-12/h1-8,10,13H,9,16H2/t13-/m1/s1. The molecule has 0 unspecified atom stereocenters. The van der Waals surface area contributed by atoms with E-state index in [9.17, 15) is 0 Å². The third kappa shape index (κ3) is 2.73. The van der Waals surface area contributed by atoms with Gasteiger partial charge in [-0.05, 0) is 24.1 Å². The fourth-order valence-electron chi connectivity index (χ4n) is 1.95. The van der Waals surface area contributed by atoms with Crippen LogP contribution in [0.15, 0.2) is 59.4 Å². The van der Waals surface area contributed by atoms with Crippen molar-refractivity contribution in [2.45, 2.75) is 12.5 Å². The first-order valence-electron chi connectivity index (χ1n) is 6.36. The van der Waals surface area contributed by atoms with Crippen molar-refractivity contribution in [1.82, 2.24) is 15.1 Å². The molecule has 0 saturated heterocycles. The first-order chi connectivity index (χ1) is 9.83. The summed E-state index contributed by atoms with van der Waals surface area (Å²) in [6, 6.07) is 13.4. The molecule has 3 aromatic rings. The highest BCUT2D eigenvalue weighted by Gasteiger charge is 2.16. The lowest BCUT2D eigenvalue weighted by Gasteiger charge is -2.05. The summed E-state index contributed by atoms with van der Waals surface area (Å²) in [5.41, 5.74) is 8.06. The van der Waals surface area contributed by atoms with Gasteiger partial charge in [-0.2, -0.15) is 4.98 Å². The Hall–Kier alpha value is -2.53. The number of nitrogens with two attached hydrogens (primary N) is 1. The van der Waals surface area contributed by atoms with Gasteiger partial charge in [0.1, 0.15) is 0 Å². The Labute approximate surface area is 116 Å². The Morgan fingerprint density at radius 3 is 2.70 bits per heavy atom. The second kappa shape index (κ2) is 5.63. The van der Waals surface area contributed by atoms with Crippen molar-refractivity contribution in [2.24, 2.45) is 5.73 Å². The van der Waals surface area contributed by atoms with Crippen LogP contribution in [0.5, 0.6) is 0 Å². The van der Waals surface area contributed by atoms with Crippen LogP contribution >= 0.6 is 0 Å². The number of rotatable bonds is 4. The quantitative estimate of drug-likeness (QED) is 0.784. The highest BCUT2D eigenvalue weighted by Crippen LogP contribution is 2.19. The Kier molecular flexibility index (Phi) is 3.52. The van der Waals surface area contributed by atoms with Crippen LogP contribution < -0.4 is 5.73 Å². The molecular weight excluding hydrogens is 252 g/mol. The van der Waals surface area contributed by atoms with Gasteiger partial charge in [0.15, 0.2) is 0 Å². The number of benzene rings is 1. The van der Waals surface area contributed by atoms with Crippen molar-refractivity contribution >= 4 is 0 Å². The molecule has 0 spiro atoms. The predicted molar refractivity (Wildman–Crippen MR) is 74.6 cm³/mol. The van der Waals surface area contributed by atoms with Gasteiger partial charge in [-0.15, -0.1) is 0 Å². The lowest BCUT2D eigenvalue weighted by atomic mass is 10.1. The SMILES string of the molecule is N[C@H](Cc1ccccc1)c1nc(-c2cccnc2)no1. The molecular formula is C15H14N4O. The second-order valence-electron chi connectivity index (χ2n) is 4.49. The topological polar surface area (TPSA) is 77.8 Å². The molecule has 0 saturated carbocycles. The number of hydrogen-bond donors (Lipinski definition) is 1. The van der Waals surface area contributed by atoms with E-state index in [0.29, 0.717) is 18.1 Å². The number of hydrogen-bond acceptors (Lipinski definition) is 5. The van der Waals surface area contributed by atoms with E-state index in [0.717, 1.165) is 11.1 Å². The van der Waals surface area contributed by atoms with Crippen molar-refractivity contribution in [3.63, 3.8) is 0 Å². The minimum Gasteiger partial charge on any atom is -0.337 e. The smallest absolute Gasteiger partial charge is 0.244 e. The molecule has 1 aromatic carbocycles. The van der Waals surface area contributed by atoms with Crippen LogP contribution in [0, 0.1) is 0 Å². The molecule has 5 heteroatoms. The van der Waals surface area contributed by atoms with Crippen molar-refractivity contribution in [3.05, 3.63) is 66.3 Å². The molecule has 0 aliphatic carbocycles. The van der Waals surface area contributed by atoms with E-state index in [4.69, 9.17) is 10.3 Å². The van der Waals surface area contributed by atoms with Gasteiger partial charge in [0.05, 0.1) is 6.04 Å². The van der Waals surface area contributed by atoms with Gasteiger partial charge < -0.3 is 10.3 Å². The summed E-state index contributed by atoms with van der Waals surface area (Å²) in [4.78, 5) is 8.36. The predicted octanol–water partition coefficient (Wildman–Crippen LogP) is 2.37. The summed E-state index contributed by atoms with van der Waals surface area (Å²) in [5, 5.41) is 3.94. The van der Waals surface area contributed by atoms with Crippen molar-refractivity contribution in [1.29, 1.82) is 0 Å².